The highest BCUT2D eigenvalue weighted by atomic mass is 35.5. The van der Waals surface area contributed by atoms with Crippen molar-refractivity contribution in [3.8, 4) is 0 Å². The van der Waals surface area contributed by atoms with Gasteiger partial charge in [-0.3, -0.25) is 4.72 Å². The second-order valence-electron chi connectivity index (χ2n) is 6.50. The van der Waals surface area contributed by atoms with E-state index >= 15 is 0 Å². The van der Waals surface area contributed by atoms with Gasteiger partial charge in [0, 0.05) is 29.5 Å². The molecule has 0 radical (unpaired) electrons. The van der Waals surface area contributed by atoms with E-state index in [-0.39, 0.29) is 15.5 Å². The van der Waals surface area contributed by atoms with Crippen LogP contribution in [0.15, 0.2) is 47.4 Å². The molecular formula is C19H21ClN2O4S. The van der Waals surface area contributed by atoms with Crippen LogP contribution in [0.2, 0.25) is 5.02 Å². The van der Waals surface area contributed by atoms with Crippen molar-refractivity contribution < 1.29 is 18.3 Å². The summed E-state index contributed by atoms with van der Waals surface area (Å²) in [5, 5.41) is 9.43. The first-order chi connectivity index (χ1) is 12.9. The van der Waals surface area contributed by atoms with Crippen molar-refractivity contribution in [2.45, 2.75) is 30.6 Å². The lowest BCUT2D eigenvalue weighted by atomic mass is 10.2. The molecule has 1 aliphatic heterocycles. The van der Waals surface area contributed by atoms with Crippen LogP contribution in [0.5, 0.6) is 0 Å². The van der Waals surface area contributed by atoms with Crippen molar-refractivity contribution in [1.82, 2.24) is 0 Å². The first-order valence-electron chi connectivity index (χ1n) is 8.77. The molecule has 2 aromatic carbocycles. The summed E-state index contributed by atoms with van der Waals surface area (Å²) < 4.78 is 27.7. The lowest BCUT2D eigenvalue weighted by molar-refractivity contribution is 0.0692. The SMILES string of the molecule is O=C(O)c1cc(Cl)ccc1S(=O)(=O)Nc1ccc(N2CCCCCC2)cc1. The molecule has 0 amide bonds. The topological polar surface area (TPSA) is 86.7 Å². The molecule has 27 heavy (non-hydrogen) atoms. The number of carboxylic acids is 1. The number of rotatable bonds is 5. The molecule has 3 rings (SSSR count). The van der Waals surface area contributed by atoms with Crippen molar-refractivity contribution >= 4 is 39.0 Å². The van der Waals surface area contributed by atoms with Gasteiger partial charge in [0.05, 0.1) is 5.56 Å². The standard InChI is InChI=1S/C19H21ClN2O4S/c20-14-5-10-18(17(13-14)19(23)24)27(25,26)21-15-6-8-16(9-7-15)22-11-3-1-2-4-12-22/h5-10,13,21H,1-4,11-12H2,(H,23,24). The number of benzene rings is 2. The molecule has 0 spiro atoms. The van der Waals surface area contributed by atoms with Gasteiger partial charge < -0.3 is 10.0 Å². The zero-order valence-electron chi connectivity index (χ0n) is 14.7. The third-order valence-corrected chi connectivity index (χ3v) is 6.23. The fourth-order valence-corrected chi connectivity index (χ4v) is 4.59. The van der Waals surface area contributed by atoms with Gasteiger partial charge in [0.15, 0.2) is 0 Å². The second kappa shape index (κ2) is 8.19. The maximum atomic E-state index is 12.6. The van der Waals surface area contributed by atoms with Crippen molar-refractivity contribution in [2.75, 3.05) is 22.7 Å². The third-order valence-electron chi connectivity index (χ3n) is 4.55. The predicted octanol–water partition coefficient (Wildman–Crippen LogP) is 4.22. The van der Waals surface area contributed by atoms with Gasteiger partial charge in [-0.15, -0.1) is 0 Å². The number of sulfonamides is 1. The number of nitrogens with zero attached hydrogens (tertiary/aromatic N) is 1. The Balaban J connectivity index is 1.81. The van der Waals surface area contributed by atoms with Gasteiger partial charge in [0.2, 0.25) is 0 Å². The van der Waals surface area contributed by atoms with Crippen LogP contribution >= 0.6 is 11.6 Å². The lowest BCUT2D eigenvalue weighted by Crippen LogP contribution is -2.23. The van der Waals surface area contributed by atoms with Crippen molar-refractivity contribution in [2.24, 2.45) is 0 Å². The molecule has 1 aliphatic rings. The summed E-state index contributed by atoms with van der Waals surface area (Å²) in [5.74, 6) is -1.35. The van der Waals surface area contributed by atoms with Crippen LogP contribution in [0.1, 0.15) is 36.0 Å². The second-order valence-corrected chi connectivity index (χ2v) is 8.59. The van der Waals surface area contributed by atoms with Gasteiger partial charge in [-0.2, -0.15) is 0 Å². The molecule has 6 nitrogen and oxygen atoms in total. The molecule has 2 aromatic rings. The summed E-state index contributed by atoms with van der Waals surface area (Å²) in [6.45, 7) is 2.00. The number of carbonyl (C=O) groups is 1. The zero-order chi connectivity index (χ0) is 19.4. The number of anilines is 2. The largest absolute Gasteiger partial charge is 0.478 e. The number of nitrogens with one attached hydrogen (secondary N) is 1. The van der Waals surface area contributed by atoms with Crippen LogP contribution in [0.4, 0.5) is 11.4 Å². The Bertz CT molecular complexity index is 921. The molecule has 8 heteroatoms. The summed E-state index contributed by atoms with van der Waals surface area (Å²) in [7, 11) is -4.05. The van der Waals surface area contributed by atoms with E-state index < -0.39 is 16.0 Å². The lowest BCUT2D eigenvalue weighted by Gasteiger charge is -2.23. The Morgan fingerprint density at radius 3 is 2.22 bits per heavy atom. The molecule has 2 N–H and O–H groups in total. The average Bonchev–Trinajstić information content (AvgIpc) is 2.91. The quantitative estimate of drug-likeness (QED) is 0.773. The van der Waals surface area contributed by atoms with Gasteiger partial charge in [-0.1, -0.05) is 24.4 Å². The van der Waals surface area contributed by atoms with E-state index in [0.717, 1.165) is 37.7 Å². The number of halogens is 1. The average molecular weight is 409 g/mol. The van der Waals surface area contributed by atoms with E-state index in [4.69, 9.17) is 11.6 Å². The van der Waals surface area contributed by atoms with E-state index in [1.165, 1.54) is 25.0 Å². The minimum absolute atomic E-state index is 0.160. The van der Waals surface area contributed by atoms with Crippen LogP contribution in [-0.4, -0.2) is 32.6 Å². The number of carboxylic acid groups (broad SMARTS) is 1. The highest BCUT2D eigenvalue weighted by molar-refractivity contribution is 7.92. The van der Waals surface area contributed by atoms with Gasteiger partial charge in [0.1, 0.15) is 4.90 Å². The van der Waals surface area contributed by atoms with Gasteiger partial charge in [0.25, 0.3) is 10.0 Å². The van der Waals surface area contributed by atoms with Gasteiger partial charge in [-0.05, 0) is 55.3 Å². The molecule has 0 unspecified atom stereocenters. The smallest absolute Gasteiger partial charge is 0.337 e. The molecule has 0 atom stereocenters. The zero-order valence-corrected chi connectivity index (χ0v) is 16.3. The third kappa shape index (κ3) is 4.73. The predicted molar refractivity (Wildman–Crippen MR) is 106 cm³/mol. The molecule has 0 aromatic heterocycles. The van der Waals surface area contributed by atoms with E-state index in [1.54, 1.807) is 12.1 Å². The summed E-state index contributed by atoms with van der Waals surface area (Å²) in [6.07, 6.45) is 4.79. The van der Waals surface area contributed by atoms with Crippen LogP contribution < -0.4 is 9.62 Å². The van der Waals surface area contributed by atoms with E-state index in [0.29, 0.717) is 5.69 Å². The van der Waals surface area contributed by atoms with Crippen molar-refractivity contribution in [1.29, 1.82) is 0 Å². The van der Waals surface area contributed by atoms with E-state index in [1.807, 2.05) is 12.1 Å². The molecule has 1 fully saturated rings. The summed E-state index contributed by atoms with van der Waals surface area (Å²) in [5.41, 5.74) is 1.06. The van der Waals surface area contributed by atoms with Crippen LogP contribution in [0.3, 0.4) is 0 Å². The minimum atomic E-state index is -4.05. The Labute approximate surface area is 163 Å². The molecule has 1 saturated heterocycles. The number of aromatic carboxylic acids is 1. The van der Waals surface area contributed by atoms with Gasteiger partial charge >= 0.3 is 5.97 Å². The summed E-state index contributed by atoms with van der Waals surface area (Å²) >= 11 is 5.79. The van der Waals surface area contributed by atoms with Gasteiger partial charge in [-0.25, -0.2) is 13.2 Å². The normalized spacial score (nSPS) is 15.2. The van der Waals surface area contributed by atoms with Crippen molar-refractivity contribution in [3.63, 3.8) is 0 Å². The maximum absolute atomic E-state index is 12.6. The Morgan fingerprint density at radius 1 is 1.00 bits per heavy atom. The molecule has 0 aliphatic carbocycles. The van der Waals surface area contributed by atoms with E-state index in [9.17, 15) is 18.3 Å². The molecule has 144 valence electrons. The summed E-state index contributed by atoms with van der Waals surface area (Å²) in [4.78, 5) is 13.3. The fraction of sp³-hybridized carbons (Fsp3) is 0.316. The molecular weight excluding hydrogens is 388 g/mol. The highest BCUT2D eigenvalue weighted by Crippen LogP contribution is 2.25. The first kappa shape index (κ1) is 19.5. The van der Waals surface area contributed by atoms with Crippen LogP contribution in [-0.2, 0) is 10.0 Å². The monoisotopic (exact) mass is 408 g/mol. The van der Waals surface area contributed by atoms with E-state index in [2.05, 4.69) is 9.62 Å². The number of hydrogen-bond acceptors (Lipinski definition) is 4. The van der Waals surface area contributed by atoms with Crippen LogP contribution in [0.25, 0.3) is 0 Å². The molecule has 1 heterocycles. The number of hydrogen-bond donors (Lipinski definition) is 2. The molecule has 0 saturated carbocycles. The highest BCUT2D eigenvalue weighted by Gasteiger charge is 2.23. The summed E-state index contributed by atoms with van der Waals surface area (Å²) in [6, 6.07) is 10.8. The molecule has 0 bridgehead atoms. The first-order valence-corrected chi connectivity index (χ1v) is 10.6. The fourth-order valence-electron chi connectivity index (χ4n) is 3.18. The maximum Gasteiger partial charge on any atom is 0.337 e. The Kier molecular flexibility index (Phi) is 5.92. The van der Waals surface area contributed by atoms with Crippen molar-refractivity contribution in [3.05, 3.63) is 53.1 Å². The minimum Gasteiger partial charge on any atom is -0.478 e. The van der Waals surface area contributed by atoms with Crippen LogP contribution in [0, 0.1) is 0 Å². The Hall–Kier alpha value is -2.25. The Morgan fingerprint density at radius 2 is 1.63 bits per heavy atom.